The van der Waals surface area contributed by atoms with E-state index in [0.717, 1.165) is 10.0 Å². The second-order valence-electron chi connectivity index (χ2n) is 3.97. The van der Waals surface area contributed by atoms with E-state index < -0.39 is 5.92 Å². The highest BCUT2D eigenvalue weighted by molar-refractivity contribution is 9.10. The van der Waals surface area contributed by atoms with Crippen molar-refractivity contribution in [2.45, 2.75) is 6.92 Å². The number of amides is 2. The number of dihydropyridines is 1. The van der Waals surface area contributed by atoms with Gasteiger partial charge in [-0.3, -0.25) is 9.59 Å². The number of carbonyl (C=O) groups excluding carboxylic acids is 2. The standard InChI is InChI=1S/C13H11BrN2O2/c1-8-2-4-11(10(14)6-8)16-13(18)9-3-5-12(17)15-7-9/h2-7,9H,1H3,(H,16,18). The largest absolute Gasteiger partial charge is 0.324 e. The molecule has 0 aromatic heterocycles. The molecule has 0 saturated carbocycles. The van der Waals surface area contributed by atoms with Gasteiger partial charge in [-0.2, -0.15) is 0 Å². The number of nitrogens with zero attached hydrogens (tertiary/aromatic N) is 1. The summed E-state index contributed by atoms with van der Waals surface area (Å²) in [5, 5.41) is 2.78. The smallest absolute Gasteiger partial charge is 0.269 e. The van der Waals surface area contributed by atoms with Crippen molar-refractivity contribution in [3.8, 4) is 0 Å². The zero-order chi connectivity index (χ0) is 13.1. The number of hydrogen-bond acceptors (Lipinski definition) is 2. The van der Waals surface area contributed by atoms with E-state index in [1.807, 2.05) is 25.1 Å². The maximum atomic E-state index is 11.9. The van der Waals surface area contributed by atoms with E-state index in [9.17, 15) is 9.59 Å². The first-order valence-corrected chi connectivity index (χ1v) is 6.19. The Morgan fingerprint density at radius 2 is 2.22 bits per heavy atom. The molecule has 5 heteroatoms. The minimum absolute atomic E-state index is 0.216. The number of anilines is 1. The molecule has 1 atom stereocenters. The Morgan fingerprint density at radius 3 is 2.83 bits per heavy atom. The number of halogens is 1. The molecule has 1 aliphatic rings. The number of nitrogens with one attached hydrogen (secondary N) is 1. The molecule has 0 fully saturated rings. The molecule has 1 N–H and O–H groups in total. The molecule has 1 unspecified atom stereocenters. The highest BCUT2D eigenvalue weighted by atomic mass is 79.9. The first-order chi connectivity index (χ1) is 8.56. The number of aliphatic imine (C=N–C) groups is 1. The van der Waals surface area contributed by atoms with Crippen molar-refractivity contribution in [3.63, 3.8) is 0 Å². The minimum atomic E-state index is -0.504. The predicted molar refractivity (Wildman–Crippen MR) is 73.6 cm³/mol. The fourth-order valence-electron chi connectivity index (χ4n) is 1.53. The van der Waals surface area contributed by atoms with Gasteiger partial charge in [-0.25, -0.2) is 4.99 Å². The number of aryl methyl sites for hydroxylation is 1. The Hall–Kier alpha value is -1.75. The monoisotopic (exact) mass is 306 g/mol. The van der Waals surface area contributed by atoms with Crippen LogP contribution in [0, 0.1) is 12.8 Å². The summed E-state index contributed by atoms with van der Waals surface area (Å²) in [6.07, 6.45) is 4.18. The van der Waals surface area contributed by atoms with Gasteiger partial charge >= 0.3 is 0 Å². The summed E-state index contributed by atoms with van der Waals surface area (Å²) in [7, 11) is 0. The molecule has 18 heavy (non-hydrogen) atoms. The molecule has 0 spiro atoms. The van der Waals surface area contributed by atoms with Gasteiger partial charge in [-0.05, 0) is 40.5 Å². The molecule has 2 rings (SSSR count). The lowest BCUT2D eigenvalue weighted by molar-refractivity contribution is -0.117. The Labute approximate surface area is 113 Å². The number of rotatable bonds is 2. The van der Waals surface area contributed by atoms with Crippen LogP contribution in [0.1, 0.15) is 5.56 Å². The van der Waals surface area contributed by atoms with Gasteiger partial charge in [0.15, 0.2) is 0 Å². The molecule has 1 aliphatic heterocycles. The van der Waals surface area contributed by atoms with Gasteiger partial charge in [-0.1, -0.05) is 12.1 Å². The molecule has 1 aromatic rings. The van der Waals surface area contributed by atoms with Crippen LogP contribution in [0.4, 0.5) is 5.69 Å². The summed E-state index contributed by atoms with van der Waals surface area (Å²) in [5.41, 5.74) is 1.80. The maximum Gasteiger partial charge on any atom is 0.269 e. The Balaban J connectivity index is 2.10. The van der Waals surface area contributed by atoms with Crippen molar-refractivity contribution >= 4 is 39.6 Å². The third-order valence-electron chi connectivity index (χ3n) is 2.49. The zero-order valence-electron chi connectivity index (χ0n) is 9.68. The Kier molecular flexibility index (Phi) is 3.72. The van der Waals surface area contributed by atoms with Crippen LogP contribution in [0.5, 0.6) is 0 Å². The SMILES string of the molecule is Cc1ccc(NC(=O)C2C=CC(=O)N=C2)c(Br)c1. The van der Waals surface area contributed by atoms with Gasteiger partial charge in [-0.15, -0.1) is 0 Å². The summed E-state index contributed by atoms with van der Waals surface area (Å²) < 4.78 is 0.823. The fourth-order valence-corrected chi connectivity index (χ4v) is 2.12. The lowest BCUT2D eigenvalue weighted by Crippen LogP contribution is -2.24. The molecule has 0 bridgehead atoms. The molecular formula is C13H11BrN2O2. The topological polar surface area (TPSA) is 58.5 Å². The van der Waals surface area contributed by atoms with Crippen LogP contribution in [0.25, 0.3) is 0 Å². The van der Waals surface area contributed by atoms with Crippen LogP contribution in [-0.4, -0.2) is 18.0 Å². The fraction of sp³-hybridized carbons (Fsp3) is 0.154. The first kappa shape index (κ1) is 12.7. The van der Waals surface area contributed by atoms with E-state index in [1.165, 1.54) is 18.4 Å². The molecule has 0 saturated heterocycles. The van der Waals surface area contributed by atoms with Crippen LogP contribution in [0.2, 0.25) is 0 Å². The Morgan fingerprint density at radius 1 is 1.44 bits per heavy atom. The highest BCUT2D eigenvalue weighted by Gasteiger charge is 2.17. The van der Waals surface area contributed by atoms with Crippen LogP contribution < -0.4 is 5.32 Å². The summed E-state index contributed by atoms with van der Waals surface area (Å²) in [6, 6.07) is 5.66. The van der Waals surface area contributed by atoms with E-state index >= 15 is 0 Å². The normalized spacial score (nSPS) is 17.9. The molecule has 92 valence electrons. The second kappa shape index (κ2) is 5.27. The second-order valence-corrected chi connectivity index (χ2v) is 4.83. The first-order valence-electron chi connectivity index (χ1n) is 5.39. The lowest BCUT2D eigenvalue weighted by Gasteiger charge is -2.12. The lowest BCUT2D eigenvalue weighted by atomic mass is 10.1. The van der Waals surface area contributed by atoms with E-state index in [4.69, 9.17) is 0 Å². The molecular weight excluding hydrogens is 296 g/mol. The van der Waals surface area contributed by atoms with Crippen molar-refractivity contribution in [3.05, 3.63) is 40.4 Å². The van der Waals surface area contributed by atoms with Gasteiger partial charge in [0.1, 0.15) is 0 Å². The van der Waals surface area contributed by atoms with Gasteiger partial charge in [0, 0.05) is 16.8 Å². The maximum absolute atomic E-state index is 11.9. The Bertz CT molecular complexity index is 548. The van der Waals surface area contributed by atoms with Crippen molar-refractivity contribution in [1.29, 1.82) is 0 Å². The van der Waals surface area contributed by atoms with E-state index in [0.29, 0.717) is 5.69 Å². The van der Waals surface area contributed by atoms with Crippen molar-refractivity contribution in [2.75, 3.05) is 5.32 Å². The highest BCUT2D eigenvalue weighted by Crippen LogP contribution is 2.24. The third kappa shape index (κ3) is 2.92. The molecule has 1 heterocycles. The van der Waals surface area contributed by atoms with E-state index in [-0.39, 0.29) is 11.8 Å². The van der Waals surface area contributed by atoms with Crippen LogP contribution in [-0.2, 0) is 9.59 Å². The van der Waals surface area contributed by atoms with Crippen molar-refractivity contribution in [2.24, 2.45) is 10.9 Å². The molecule has 1 aromatic carbocycles. The quantitative estimate of drug-likeness (QED) is 0.912. The van der Waals surface area contributed by atoms with Gasteiger partial charge < -0.3 is 5.32 Å². The summed E-state index contributed by atoms with van der Waals surface area (Å²) in [6.45, 7) is 1.97. The van der Waals surface area contributed by atoms with Crippen molar-refractivity contribution < 1.29 is 9.59 Å². The molecule has 4 nitrogen and oxygen atoms in total. The summed E-state index contributed by atoms with van der Waals surface area (Å²) in [4.78, 5) is 26.4. The molecule has 0 radical (unpaired) electrons. The number of benzene rings is 1. The molecule has 2 amide bonds. The summed E-state index contributed by atoms with van der Waals surface area (Å²) >= 11 is 3.39. The predicted octanol–water partition coefficient (Wildman–Crippen LogP) is 2.48. The van der Waals surface area contributed by atoms with Crippen molar-refractivity contribution in [1.82, 2.24) is 0 Å². The van der Waals surface area contributed by atoms with E-state index in [1.54, 1.807) is 0 Å². The van der Waals surface area contributed by atoms with Crippen LogP contribution in [0.3, 0.4) is 0 Å². The molecule has 0 aliphatic carbocycles. The van der Waals surface area contributed by atoms with Crippen LogP contribution >= 0.6 is 15.9 Å². The minimum Gasteiger partial charge on any atom is -0.324 e. The number of hydrogen-bond donors (Lipinski definition) is 1. The zero-order valence-corrected chi connectivity index (χ0v) is 11.3. The van der Waals surface area contributed by atoms with Crippen LogP contribution in [0.15, 0.2) is 39.8 Å². The van der Waals surface area contributed by atoms with Gasteiger partial charge in [0.05, 0.1) is 11.6 Å². The number of carbonyl (C=O) groups is 2. The average Bonchev–Trinajstić information content (AvgIpc) is 2.33. The third-order valence-corrected chi connectivity index (χ3v) is 3.15. The van der Waals surface area contributed by atoms with Gasteiger partial charge in [0.2, 0.25) is 5.91 Å². The average molecular weight is 307 g/mol. The van der Waals surface area contributed by atoms with Gasteiger partial charge in [0.25, 0.3) is 5.91 Å². The summed E-state index contributed by atoms with van der Waals surface area (Å²) in [5.74, 6) is -1.06. The van der Waals surface area contributed by atoms with E-state index in [2.05, 4.69) is 26.2 Å².